The Kier molecular flexibility index (Phi) is 2.80. The Hall–Kier alpha value is -2.95. The van der Waals surface area contributed by atoms with Gasteiger partial charge in [-0.1, -0.05) is 36.4 Å². The number of carbonyl (C=O) groups is 2. The lowest BCUT2D eigenvalue weighted by Gasteiger charge is -2.01. The molecular formula is C15H10N2O3. The van der Waals surface area contributed by atoms with Crippen LogP contribution in [-0.2, 0) is 0 Å². The maximum absolute atomic E-state index is 12.4. The first-order valence-corrected chi connectivity index (χ1v) is 5.98. The van der Waals surface area contributed by atoms with E-state index in [1.807, 2.05) is 6.07 Å². The van der Waals surface area contributed by atoms with Crippen LogP contribution in [0.2, 0.25) is 0 Å². The molecule has 0 spiro atoms. The molecule has 0 radical (unpaired) electrons. The summed E-state index contributed by atoms with van der Waals surface area (Å²) in [4.78, 5) is 30.0. The van der Waals surface area contributed by atoms with Gasteiger partial charge in [-0.2, -0.15) is 0 Å². The molecule has 5 nitrogen and oxygen atoms in total. The second-order valence-corrected chi connectivity index (χ2v) is 4.29. The molecule has 98 valence electrons. The standard InChI is InChI=1S/C15H10N2O3/c18-13(9-5-2-1-3-6-9)10-7-4-8-11-12(10)17-14(16-11)15(19)20/h1-8H,(H,16,17)(H,19,20). The fourth-order valence-electron chi connectivity index (χ4n) is 2.06. The third-order valence-corrected chi connectivity index (χ3v) is 3.00. The van der Waals surface area contributed by atoms with Crippen LogP contribution in [0.1, 0.15) is 26.5 Å². The number of aromatic carboxylic acids is 1. The number of aromatic amines is 1. The summed E-state index contributed by atoms with van der Waals surface area (Å²) in [5, 5.41) is 8.95. The molecule has 0 saturated heterocycles. The van der Waals surface area contributed by atoms with Crippen molar-refractivity contribution in [2.45, 2.75) is 0 Å². The first kappa shape index (κ1) is 12.1. The molecule has 0 aliphatic carbocycles. The van der Waals surface area contributed by atoms with Crippen LogP contribution in [0.15, 0.2) is 48.5 Å². The van der Waals surface area contributed by atoms with Crippen molar-refractivity contribution in [2.24, 2.45) is 0 Å². The van der Waals surface area contributed by atoms with Crippen molar-refractivity contribution >= 4 is 22.8 Å². The Balaban J connectivity index is 2.16. The number of aromatic nitrogens is 2. The summed E-state index contributed by atoms with van der Waals surface area (Å²) in [5.74, 6) is -1.51. The number of carboxylic acid groups (broad SMARTS) is 1. The molecule has 0 bridgehead atoms. The van der Waals surface area contributed by atoms with Crippen LogP contribution >= 0.6 is 0 Å². The Morgan fingerprint density at radius 1 is 1.00 bits per heavy atom. The lowest BCUT2D eigenvalue weighted by Crippen LogP contribution is -2.02. The van der Waals surface area contributed by atoms with Crippen LogP contribution < -0.4 is 0 Å². The van der Waals surface area contributed by atoms with Crippen molar-refractivity contribution < 1.29 is 14.7 Å². The number of carboxylic acids is 1. The van der Waals surface area contributed by atoms with E-state index < -0.39 is 5.97 Å². The highest BCUT2D eigenvalue weighted by Crippen LogP contribution is 2.19. The van der Waals surface area contributed by atoms with E-state index in [4.69, 9.17) is 5.11 Å². The number of para-hydroxylation sites is 1. The number of fused-ring (bicyclic) bond motifs is 1. The summed E-state index contributed by atoms with van der Waals surface area (Å²) in [7, 11) is 0. The molecule has 2 N–H and O–H groups in total. The second kappa shape index (κ2) is 4.62. The van der Waals surface area contributed by atoms with E-state index in [0.29, 0.717) is 22.2 Å². The molecule has 1 aromatic heterocycles. The van der Waals surface area contributed by atoms with Gasteiger partial charge in [-0.3, -0.25) is 4.79 Å². The highest BCUT2D eigenvalue weighted by molar-refractivity contribution is 6.15. The zero-order chi connectivity index (χ0) is 14.1. The smallest absolute Gasteiger partial charge is 0.371 e. The Morgan fingerprint density at radius 3 is 2.45 bits per heavy atom. The van der Waals surface area contributed by atoms with Crippen molar-refractivity contribution in [1.82, 2.24) is 9.97 Å². The highest BCUT2D eigenvalue weighted by atomic mass is 16.4. The van der Waals surface area contributed by atoms with Crippen LogP contribution in [0.4, 0.5) is 0 Å². The molecular weight excluding hydrogens is 256 g/mol. The number of carbonyl (C=O) groups excluding carboxylic acids is 1. The van der Waals surface area contributed by atoms with Gasteiger partial charge in [0.15, 0.2) is 5.78 Å². The van der Waals surface area contributed by atoms with E-state index >= 15 is 0 Å². The molecule has 0 atom stereocenters. The van der Waals surface area contributed by atoms with Crippen molar-refractivity contribution in [3.63, 3.8) is 0 Å². The molecule has 2 aromatic carbocycles. The van der Waals surface area contributed by atoms with Gasteiger partial charge in [-0.25, -0.2) is 9.78 Å². The molecule has 0 aliphatic rings. The molecule has 20 heavy (non-hydrogen) atoms. The lowest BCUT2D eigenvalue weighted by atomic mass is 10.0. The maximum Gasteiger partial charge on any atom is 0.371 e. The normalized spacial score (nSPS) is 10.6. The number of nitrogens with zero attached hydrogens (tertiary/aromatic N) is 1. The Morgan fingerprint density at radius 2 is 1.75 bits per heavy atom. The minimum Gasteiger partial charge on any atom is -0.475 e. The topological polar surface area (TPSA) is 83.0 Å². The zero-order valence-corrected chi connectivity index (χ0v) is 10.3. The summed E-state index contributed by atoms with van der Waals surface area (Å²) >= 11 is 0. The van der Waals surface area contributed by atoms with E-state index in [2.05, 4.69) is 9.97 Å². The van der Waals surface area contributed by atoms with Crippen molar-refractivity contribution in [2.75, 3.05) is 0 Å². The third-order valence-electron chi connectivity index (χ3n) is 3.00. The van der Waals surface area contributed by atoms with Crippen LogP contribution in [0.25, 0.3) is 11.0 Å². The van der Waals surface area contributed by atoms with Gasteiger partial charge in [0.25, 0.3) is 0 Å². The zero-order valence-electron chi connectivity index (χ0n) is 10.3. The van der Waals surface area contributed by atoms with Gasteiger partial charge in [-0.05, 0) is 12.1 Å². The Bertz CT molecular complexity index is 806. The summed E-state index contributed by atoms with van der Waals surface area (Å²) in [5.41, 5.74) is 1.83. The van der Waals surface area contributed by atoms with Crippen LogP contribution in [0.3, 0.4) is 0 Å². The first-order chi connectivity index (χ1) is 9.66. The molecule has 0 amide bonds. The van der Waals surface area contributed by atoms with Gasteiger partial charge in [0, 0.05) is 5.56 Å². The monoisotopic (exact) mass is 266 g/mol. The van der Waals surface area contributed by atoms with Crippen LogP contribution in [0, 0.1) is 0 Å². The third kappa shape index (κ3) is 1.95. The number of rotatable bonds is 3. The maximum atomic E-state index is 12.4. The molecule has 0 unspecified atom stereocenters. The summed E-state index contributed by atoms with van der Waals surface area (Å²) in [6.07, 6.45) is 0. The van der Waals surface area contributed by atoms with Crippen LogP contribution in [-0.4, -0.2) is 26.8 Å². The number of nitrogens with one attached hydrogen (secondary N) is 1. The lowest BCUT2D eigenvalue weighted by molar-refractivity contribution is 0.0685. The molecule has 3 rings (SSSR count). The fraction of sp³-hybridized carbons (Fsp3) is 0. The number of benzene rings is 2. The summed E-state index contributed by atoms with van der Waals surface area (Å²) in [6.45, 7) is 0. The minimum absolute atomic E-state index is 0.173. The fourth-order valence-corrected chi connectivity index (χ4v) is 2.06. The van der Waals surface area contributed by atoms with E-state index in [1.54, 1.807) is 42.5 Å². The van der Waals surface area contributed by atoms with Gasteiger partial charge in [0.2, 0.25) is 5.82 Å². The number of ketones is 1. The van der Waals surface area contributed by atoms with E-state index in [-0.39, 0.29) is 11.6 Å². The minimum atomic E-state index is -1.15. The van der Waals surface area contributed by atoms with E-state index in [9.17, 15) is 9.59 Å². The van der Waals surface area contributed by atoms with Gasteiger partial charge >= 0.3 is 5.97 Å². The SMILES string of the molecule is O=C(O)c1nc2c(C(=O)c3ccccc3)cccc2[nH]1. The highest BCUT2D eigenvalue weighted by Gasteiger charge is 2.17. The van der Waals surface area contributed by atoms with Crippen molar-refractivity contribution in [3.8, 4) is 0 Å². The predicted molar refractivity (Wildman–Crippen MR) is 72.9 cm³/mol. The Labute approximate surface area is 113 Å². The molecule has 3 aromatic rings. The number of H-pyrrole nitrogens is 1. The van der Waals surface area contributed by atoms with Crippen molar-refractivity contribution in [3.05, 3.63) is 65.5 Å². The van der Waals surface area contributed by atoms with E-state index in [0.717, 1.165) is 0 Å². The van der Waals surface area contributed by atoms with Gasteiger partial charge in [0.1, 0.15) is 5.52 Å². The molecule has 5 heteroatoms. The molecule has 0 aliphatic heterocycles. The molecule has 0 saturated carbocycles. The van der Waals surface area contributed by atoms with Crippen molar-refractivity contribution in [1.29, 1.82) is 0 Å². The quantitative estimate of drug-likeness (QED) is 0.713. The van der Waals surface area contributed by atoms with E-state index in [1.165, 1.54) is 0 Å². The summed E-state index contributed by atoms with van der Waals surface area (Å²) in [6, 6.07) is 13.8. The second-order valence-electron chi connectivity index (χ2n) is 4.29. The number of hydrogen-bond donors (Lipinski definition) is 2. The predicted octanol–water partition coefficient (Wildman–Crippen LogP) is 2.49. The number of imidazole rings is 1. The molecule has 0 fully saturated rings. The summed E-state index contributed by atoms with van der Waals surface area (Å²) < 4.78 is 0. The largest absolute Gasteiger partial charge is 0.475 e. The van der Waals surface area contributed by atoms with Crippen LogP contribution in [0.5, 0.6) is 0 Å². The average Bonchev–Trinajstić information content (AvgIpc) is 2.91. The van der Waals surface area contributed by atoms with Gasteiger partial charge in [0.05, 0.1) is 11.1 Å². The average molecular weight is 266 g/mol. The molecule has 1 heterocycles. The van der Waals surface area contributed by atoms with Gasteiger partial charge < -0.3 is 10.1 Å². The van der Waals surface area contributed by atoms with Gasteiger partial charge in [-0.15, -0.1) is 0 Å². The number of hydrogen-bond acceptors (Lipinski definition) is 3. The first-order valence-electron chi connectivity index (χ1n) is 5.98.